The van der Waals surface area contributed by atoms with Crippen molar-refractivity contribution in [3.05, 3.63) is 162 Å². The summed E-state index contributed by atoms with van der Waals surface area (Å²) in [5.41, 5.74) is 14.9. The number of rotatable bonds is 5. The molecular formula is C54H51NO. The lowest BCUT2D eigenvalue weighted by atomic mass is 9.26. The molecule has 4 saturated carbocycles. The monoisotopic (exact) mass is 729 g/mol. The maximum absolute atomic E-state index is 7.39. The Bertz CT molecular complexity index is 2550. The fourth-order valence-electron chi connectivity index (χ4n) is 13.9. The highest BCUT2D eigenvalue weighted by molar-refractivity contribution is 5.94. The van der Waals surface area contributed by atoms with Crippen LogP contribution in [0.5, 0.6) is 11.5 Å². The number of benzene rings is 6. The number of anilines is 3. The summed E-state index contributed by atoms with van der Waals surface area (Å²) in [5.74, 6) is 5.35. The van der Waals surface area contributed by atoms with Gasteiger partial charge in [0.15, 0.2) is 0 Å². The molecule has 1 aliphatic heterocycles. The Morgan fingerprint density at radius 1 is 0.536 bits per heavy atom. The summed E-state index contributed by atoms with van der Waals surface area (Å²) in [5, 5.41) is 0. The molecule has 2 heteroatoms. The quantitative estimate of drug-likeness (QED) is 0.175. The molecule has 0 saturated heterocycles. The molecule has 6 atom stereocenters. The highest BCUT2D eigenvalue weighted by Gasteiger charge is 2.84. The molecule has 2 nitrogen and oxygen atoms in total. The number of ether oxygens (including phenoxy) is 1. The molecule has 0 radical (unpaired) electrons. The minimum Gasteiger partial charge on any atom is -0.456 e. The Hall–Kier alpha value is -5.08. The van der Waals surface area contributed by atoms with E-state index in [-0.39, 0.29) is 16.2 Å². The van der Waals surface area contributed by atoms with Gasteiger partial charge in [0.1, 0.15) is 11.5 Å². The minimum atomic E-state index is 0.00704. The summed E-state index contributed by atoms with van der Waals surface area (Å²) < 4.78 is 7.39. The third-order valence-corrected chi connectivity index (χ3v) is 16.2. The molecule has 2 bridgehead atoms. The van der Waals surface area contributed by atoms with Gasteiger partial charge in [0.25, 0.3) is 0 Å². The van der Waals surface area contributed by atoms with Gasteiger partial charge in [-0.3, -0.25) is 0 Å². The highest BCUT2D eigenvalue weighted by atomic mass is 16.5. The first-order valence-corrected chi connectivity index (χ1v) is 21.3. The summed E-state index contributed by atoms with van der Waals surface area (Å²) in [4.78, 5) is 2.59. The second kappa shape index (κ2) is 11.3. The van der Waals surface area contributed by atoms with Crippen molar-refractivity contribution < 1.29 is 4.74 Å². The van der Waals surface area contributed by atoms with Crippen LogP contribution in [0.4, 0.5) is 17.1 Å². The smallest absolute Gasteiger partial charge is 0.141 e. The molecule has 6 aromatic carbocycles. The third-order valence-electron chi connectivity index (χ3n) is 16.2. The van der Waals surface area contributed by atoms with Gasteiger partial charge in [-0.1, -0.05) is 137 Å². The lowest BCUT2D eigenvalue weighted by Crippen LogP contribution is -2.74. The van der Waals surface area contributed by atoms with Gasteiger partial charge in [-0.25, -0.2) is 0 Å². The SMILES string of the molecule is CC1(C)CCC(C)(C)c2c(N(c3ccc(-c4ccccc4)cc3)c3ccc4c(c3-c3ccccc3)Oc3ccccc3C43C4CC5CC6CC3C64C5)cccc21. The van der Waals surface area contributed by atoms with Crippen molar-refractivity contribution in [2.24, 2.45) is 29.1 Å². The number of nitrogens with zero attached hydrogens (tertiary/aromatic N) is 1. The number of fused-ring (bicyclic) bond motifs is 8. The van der Waals surface area contributed by atoms with Crippen molar-refractivity contribution in [1.29, 1.82) is 0 Å². The van der Waals surface area contributed by atoms with Crippen LogP contribution in [0.2, 0.25) is 0 Å². The van der Waals surface area contributed by atoms with Crippen molar-refractivity contribution in [3.8, 4) is 33.8 Å². The molecule has 0 aromatic heterocycles. The largest absolute Gasteiger partial charge is 0.456 e. The number of para-hydroxylation sites is 1. The van der Waals surface area contributed by atoms with Gasteiger partial charge in [-0.05, 0) is 137 Å². The molecule has 6 aromatic rings. The molecule has 6 aliphatic rings. The van der Waals surface area contributed by atoms with Crippen molar-refractivity contribution >= 4 is 17.1 Å². The third kappa shape index (κ3) is 4.13. The van der Waals surface area contributed by atoms with E-state index in [1.807, 2.05) is 0 Å². The first kappa shape index (κ1) is 33.1. The second-order valence-electron chi connectivity index (χ2n) is 19.6. The topological polar surface area (TPSA) is 12.5 Å². The normalized spacial score (nSPS) is 28.9. The van der Waals surface area contributed by atoms with Gasteiger partial charge < -0.3 is 9.64 Å². The van der Waals surface area contributed by atoms with E-state index in [9.17, 15) is 0 Å². The Morgan fingerprint density at radius 3 is 1.96 bits per heavy atom. The molecule has 5 aliphatic carbocycles. The van der Waals surface area contributed by atoms with Gasteiger partial charge in [-0.15, -0.1) is 0 Å². The van der Waals surface area contributed by atoms with E-state index in [1.165, 1.54) is 88.0 Å². The average Bonchev–Trinajstić information content (AvgIpc) is 3.76. The van der Waals surface area contributed by atoms with Crippen LogP contribution in [-0.2, 0) is 16.2 Å². The molecule has 0 N–H and O–H groups in total. The van der Waals surface area contributed by atoms with Crippen LogP contribution in [0.25, 0.3) is 22.3 Å². The fraction of sp³-hybridized carbons (Fsp3) is 0.333. The summed E-state index contributed by atoms with van der Waals surface area (Å²) in [6.07, 6.45) is 7.98. The van der Waals surface area contributed by atoms with Gasteiger partial charge in [0.2, 0.25) is 0 Å². The summed E-state index contributed by atoms with van der Waals surface area (Å²) in [7, 11) is 0. The maximum Gasteiger partial charge on any atom is 0.141 e. The Morgan fingerprint density at radius 2 is 1.20 bits per heavy atom. The van der Waals surface area contributed by atoms with Crippen LogP contribution in [0.3, 0.4) is 0 Å². The van der Waals surface area contributed by atoms with E-state index >= 15 is 0 Å². The average molecular weight is 730 g/mol. The van der Waals surface area contributed by atoms with Gasteiger partial charge in [-0.2, -0.15) is 0 Å². The highest BCUT2D eigenvalue weighted by Crippen LogP contribution is 2.89. The Balaban J connectivity index is 1.14. The van der Waals surface area contributed by atoms with E-state index in [4.69, 9.17) is 4.74 Å². The standard InChI is InChI=1S/C54H51NO/c1-51(2)28-29-52(3,4)49-41(51)19-13-20-44(49)55(39-24-22-36(23-25-39)35-14-7-5-8-15-35)43-27-26-42-50(48(43)37-16-9-6-10-17-37)56-45-21-12-11-18-40(45)54(42)46-31-34-30-38-32-47(54)53(38,46)33-34/h5-27,34,38,46-47H,28-33H2,1-4H3. The molecule has 56 heavy (non-hydrogen) atoms. The minimum absolute atomic E-state index is 0.00704. The predicted octanol–water partition coefficient (Wildman–Crippen LogP) is 14.3. The van der Waals surface area contributed by atoms with Gasteiger partial charge in [0.05, 0.1) is 11.4 Å². The summed E-state index contributed by atoms with van der Waals surface area (Å²) >= 11 is 0. The molecular weight excluding hydrogens is 679 g/mol. The molecule has 2 spiro atoms. The predicted molar refractivity (Wildman–Crippen MR) is 229 cm³/mol. The van der Waals surface area contributed by atoms with Crippen molar-refractivity contribution in [2.45, 2.75) is 82.5 Å². The number of hydrogen-bond donors (Lipinski definition) is 0. The zero-order chi connectivity index (χ0) is 37.6. The van der Waals surface area contributed by atoms with Crippen LogP contribution >= 0.6 is 0 Å². The number of hydrogen-bond acceptors (Lipinski definition) is 2. The molecule has 278 valence electrons. The van der Waals surface area contributed by atoms with E-state index in [0.717, 1.165) is 35.4 Å². The van der Waals surface area contributed by atoms with Crippen LogP contribution < -0.4 is 9.64 Å². The Labute approximate surface area is 332 Å². The van der Waals surface area contributed by atoms with E-state index in [0.29, 0.717) is 17.3 Å². The molecule has 12 rings (SSSR count). The molecule has 4 fully saturated rings. The zero-order valence-corrected chi connectivity index (χ0v) is 33.2. The lowest BCUT2D eigenvalue weighted by molar-refractivity contribution is -0.235. The zero-order valence-electron chi connectivity index (χ0n) is 33.2. The second-order valence-corrected chi connectivity index (χ2v) is 19.6. The van der Waals surface area contributed by atoms with Crippen molar-refractivity contribution in [1.82, 2.24) is 0 Å². The van der Waals surface area contributed by atoms with Crippen LogP contribution in [0.15, 0.2) is 140 Å². The van der Waals surface area contributed by atoms with E-state index in [2.05, 4.69) is 172 Å². The summed E-state index contributed by atoms with van der Waals surface area (Å²) in [6, 6.07) is 52.4. The van der Waals surface area contributed by atoms with Crippen LogP contribution in [0, 0.1) is 29.1 Å². The van der Waals surface area contributed by atoms with Crippen molar-refractivity contribution in [3.63, 3.8) is 0 Å². The van der Waals surface area contributed by atoms with Crippen LogP contribution in [0.1, 0.15) is 88.5 Å². The molecule has 6 unspecified atom stereocenters. The fourth-order valence-corrected chi connectivity index (χ4v) is 13.9. The summed E-state index contributed by atoms with van der Waals surface area (Å²) in [6.45, 7) is 9.80. The maximum atomic E-state index is 7.39. The van der Waals surface area contributed by atoms with Gasteiger partial charge >= 0.3 is 0 Å². The first-order chi connectivity index (χ1) is 27.2. The lowest BCUT2D eigenvalue weighted by Gasteiger charge is -2.77. The molecule has 0 amide bonds. The van der Waals surface area contributed by atoms with E-state index < -0.39 is 0 Å². The Kier molecular flexibility index (Phi) is 6.67. The van der Waals surface area contributed by atoms with Crippen LogP contribution in [-0.4, -0.2) is 0 Å². The van der Waals surface area contributed by atoms with Crippen molar-refractivity contribution in [2.75, 3.05) is 4.90 Å². The van der Waals surface area contributed by atoms with E-state index in [1.54, 1.807) is 0 Å². The van der Waals surface area contributed by atoms with Gasteiger partial charge in [0, 0.05) is 27.8 Å². The molecule has 1 heterocycles. The first-order valence-electron chi connectivity index (χ1n) is 21.3.